The van der Waals surface area contributed by atoms with Gasteiger partial charge in [-0.2, -0.15) is 5.10 Å². The van der Waals surface area contributed by atoms with Gasteiger partial charge in [-0.05, 0) is 31.7 Å². The molecule has 1 aliphatic carbocycles. The van der Waals surface area contributed by atoms with E-state index < -0.39 is 0 Å². The second kappa shape index (κ2) is 8.21. The van der Waals surface area contributed by atoms with Crippen LogP contribution >= 0.6 is 0 Å². The van der Waals surface area contributed by atoms with Crippen molar-refractivity contribution in [1.29, 1.82) is 0 Å². The summed E-state index contributed by atoms with van der Waals surface area (Å²) in [5.41, 5.74) is 2.51. The molecule has 0 bridgehead atoms. The Labute approximate surface area is 161 Å². The average molecular weight is 367 g/mol. The number of nitrogens with zero attached hydrogens (tertiary/aromatic N) is 4. The van der Waals surface area contributed by atoms with Crippen LogP contribution < -0.4 is 5.32 Å². The number of aryl methyl sites for hydroxylation is 1. The SMILES string of the molecule is Cn1cc(-c2cncc(C(=O)NC3CCN(C4CCCCC4)CC3)c2)cn1. The molecule has 1 saturated carbocycles. The summed E-state index contributed by atoms with van der Waals surface area (Å²) in [7, 11) is 1.88. The molecule has 27 heavy (non-hydrogen) atoms. The number of rotatable bonds is 4. The lowest BCUT2D eigenvalue weighted by molar-refractivity contribution is 0.0865. The van der Waals surface area contributed by atoms with Gasteiger partial charge in [0.2, 0.25) is 0 Å². The van der Waals surface area contributed by atoms with Crippen molar-refractivity contribution in [3.63, 3.8) is 0 Å². The van der Waals surface area contributed by atoms with E-state index in [4.69, 9.17) is 0 Å². The van der Waals surface area contributed by atoms with Gasteiger partial charge < -0.3 is 10.2 Å². The largest absolute Gasteiger partial charge is 0.349 e. The zero-order valence-corrected chi connectivity index (χ0v) is 16.1. The van der Waals surface area contributed by atoms with E-state index in [1.165, 1.54) is 32.1 Å². The van der Waals surface area contributed by atoms with E-state index in [-0.39, 0.29) is 11.9 Å². The van der Waals surface area contributed by atoms with Crippen LogP contribution in [0.4, 0.5) is 0 Å². The number of aromatic nitrogens is 3. The van der Waals surface area contributed by atoms with Gasteiger partial charge in [0.25, 0.3) is 5.91 Å². The molecule has 0 aromatic carbocycles. The minimum atomic E-state index is -0.0237. The fraction of sp³-hybridized carbons (Fsp3) is 0.571. The molecule has 0 atom stereocenters. The molecule has 2 aliphatic rings. The summed E-state index contributed by atoms with van der Waals surface area (Å²) in [6, 6.07) is 2.94. The molecule has 1 amide bonds. The number of carbonyl (C=O) groups excluding carboxylic acids is 1. The third-order valence-electron chi connectivity index (χ3n) is 5.99. The quantitative estimate of drug-likeness (QED) is 0.902. The van der Waals surface area contributed by atoms with Crippen molar-refractivity contribution in [2.45, 2.75) is 57.0 Å². The maximum atomic E-state index is 12.7. The Kier molecular flexibility index (Phi) is 5.53. The van der Waals surface area contributed by atoms with Gasteiger partial charge in [0.05, 0.1) is 11.8 Å². The van der Waals surface area contributed by atoms with Crippen LogP contribution in [-0.2, 0) is 7.05 Å². The molecule has 0 unspecified atom stereocenters. The minimum absolute atomic E-state index is 0.0237. The van der Waals surface area contributed by atoms with Crippen LogP contribution in [-0.4, -0.2) is 50.7 Å². The third kappa shape index (κ3) is 4.38. The number of hydrogen-bond acceptors (Lipinski definition) is 4. The summed E-state index contributed by atoms with van der Waals surface area (Å²) in [5, 5.41) is 7.41. The van der Waals surface area contributed by atoms with Crippen LogP contribution in [0.5, 0.6) is 0 Å². The number of nitrogens with one attached hydrogen (secondary N) is 1. The summed E-state index contributed by atoms with van der Waals surface area (Å²) >= 11 is 0. The van der Waals surface area contributed by atoms with Crippen LogP contribution in [0.3, 0.4) is 0 Å². The molecule has 2 fully saturated rings. The first-order valence-corrected chi connectivity index (χ1v) is 10.2. The van der Waals surface area contributed by atoms with Crippen LogP contribution in [0.25, 0.3) is 11.1 Å². The van der Waals surface area contributed by atoms with Gasteiger partial charge in [-0.25, -0.2) is 0 Å². The van der Waals surface area contributed by atoms with E-state index in [9.17, 15) is 4.79 Å². The van der Waals surface area contributed by atoms with Gasteiger partial charge in [-0.3, -0.25) is 14.5 Å². The molecule has 6 nitrogen and oxygen atoms in total. The highest BCUT2D eigenvalue weighted by Crippen LogP contribution is 2.25. The lowest BCUT2D eigenvalue weighted by Gasteiger charge is -2.39. The number of pyridine rings is 1. The molecule has 1 N–H and O–H groups in total. The molecular formula is C21H29N5O. The number of likely N-dealkylation sites (tertiary alicyclic amines) is 1. The van der Waals surface area contributed by atoms with Gasteiger partial charge in [-0.1, -0.05) is 19.3 Å². The molecule has 1 aliphatic heterocycles. The van der Waals surface area contributed by atoms with E-state index in [2.05, 4.69) is 20.3 Å². The highest BCUT2D eigenvalue weighted by Gasteiger charge is 2.27. The molecule has 4 rings (SSSR count). The van der Waals surface area contributed by atoms with Crippen molar-refractivity contribution < 1.29 is 4.79 Å². The first kappa shape index (κ1) is 18.2. The zero-order chi connectivity index (χ0) is 18.6. The summed E-state index contributed by atoms with van der Waals surface area (Å²) in [6.45, 7) is 2.20. The Hall–Kier alpha value is -2.21. The average Bonchev–Trinajstić information content (AvgIpc) is 3.16. The van der Waals surface area contributed by atoms with Gasteiger partial charge in [-0.15, -0.1) is 0 Å². The summed E-state index contributed by atoms with van der Waals surface area (Å²) in [4.78, 5) is 19.6. The monoisotopic (exact) mass is 367 g/mol. The second-order valence-corrected chi connectivity index (χ2v) is 7.94. The Morgan fingerprint density at radius 1 is 1.04 bits per heavy atom. The molecule has 144 valence electrons. The molecule has 0 spiro atoms. The van der Waals surface area contributed by atoms with E-state index >= 15 is 0 Å². The van der Waals surface area contributed by atoms with Crippen molar-refractivity contribution in [3.05, 3.63) is 36.4 Å². The van der Waals surface area contributed by atoms with Gasteiger partial charge in [0.15, 0.2) is 0 Å². The van der Waals surface area contributed by atoms with E-state index in [1.807, 2.05) is 19.3 Å². The molecule has 0 radical (unpaired) electrons. The molecule has 2 aromatic rings. The topological polar surface area (TPSA) is 63.1 Å². The number of piperidine rings is 1. The lowest BCUT2D eigenvalue weighted by Crippen LogP contribution is -2.48. The van der Waals surface area contributed by atoms with E-state index in [1.54, 1.807) is 23.3 Å². The number of amides is 1. The Morgan fingerprint density at radius 2 is 1.81 bits per heavy atom. The van der Waals surface area contributed by atoms with Crippen molar-refractivity contribution in [3.8, 4) is 11.1 Å². The number of carbonyl (C=O) groups is 1. The summed E-state index contributed by atoms with van der Waals surface area (Å²) in [6.07, 6.45) is 16.1. The molecule has 2 aromatic heterocycles. The van der Waals surface area contributed by atoms with Gasteiger partial charge >= 0.3 is 0 Å². The Bertz CT molecular complexity index is 772. The fourth-order valence-electron chi connectivity index (χ4n) is 4.42. The predicted octanol–water partition coefficient (Wildman–Crippen LogP) is 3.01. The molecule has 6 heteroatoms. The predicted molar refractivity (Wildman–Crippen MR) is 105 cm³/mol. The van der Waals surface area contributed by atoms with E-state index in [0.717, 1.165) is 43.1 Å². The molecular weight excluding hydrogens is 338 g/mol. The van der Waals surface area contributed by atoms with Crippen molar-refractivity contribution in [1.82, 2.24) is 25.0 Å². The fourth-order valence-corrected chi connectivity index (χ4v) is 4.42. The molecule has 1 saturated heterocycles. The first-order chi connectivity index (χ1) is 13.2. The standard InChI is InChI=1S/C21H29N5O/c1-25-15-18(14-23-25)16-11-17(13-22-12-16)21(27)24-19-7-9-26(10-8-19)20-5-3-2-4-6-20/h11-15,19-20H,2-10H2,1H3,(H,24,27). The highest BCUT2D eigenvalue weighted by molar-refractivity contribution is 5.95. The van der Waals surface area contributed by atoms with Crippen molar-refractivity contribution >= 4 is 5.91 Å². The second-order valence-electron chi connectivity index (χ2n) is 7.94. The van der Waals surface area contributed by atoms with Crippen LogP contribution in [0.2, 0.25) is 0 Å². The van der Waals surface area contributed by atoms with Crippen LogP contribution in [0, 0.1) is 0 Å². The smallest absolute Gasteiger partial charge is 0.253 e. The van der Waals surface area contributed by atoms with Crippen molar-refractivity contribution in [2.75, 3.05) is 13.1 Å². The minimum Gasteiger partial charge on any atom is -0.349 e. The summed E-state index contributed by atoms with van der Waals surface area (Å²) in [5.74, 6) is -0.0237. The Morgan fingerprint density at radius 3 is 2.52 bits per heavy atom. The van der Waals surface area contributed by atoms with Crippen molar-refractivity contribution in [2.24, 2.45) is 7.05 Å². The van der Waals surface area contributed by atoms with Crippen LogP contribution in [0.15, 0.2) is 30.9 Å². The maximum Gasteiger partial charge on any atom is 0.253 e. The lowest BCUT2D eigenvalue weighted by atomic mass is 9.92. The maximum absolute atomic E-state index is 12.7. The zero-order valence-electron chi connectivity index (χ0n) is 16.1. The van der Waals surface area contributed by atoms with E-state index in [0.29, 0.717) is 5.56 Å². The normalized spacial score (nSPS) is 19.9. The summed E-state index contributed by atoms with van der Waals surface area (Å²) < 4.78 is 1.75. The van der Waals surface area contributed by atoms with Crippen LogP contribution in [0.1, 0.15) is 55.3 Å². The third-order valence-corrected chi connectivity index (χ3v) is 5.99. The Balaban J connectivity index is 1.33. The van der Waals surface area contributed by atoms with Gasteiger partial charge in [0.1, 0.15) is 0 Å². The highest BCUT2D eigenvalue weighted by atomic mass is 16.1. The number of hydrogen-bond donors (Lipinski definition) is 1. The first-order valence-electron chi connectivity index (χ1n) is 10.2. The van der Waals surface area contributed by atoms with Gasteiger partial charge in [0, 0.05) is 61.9 Å². The molecule has 3 heterocycles.